The van der Waals surface area contributed by atoms with E-state index < -0.39 is 0 Å². The average Bonchev–Trinajstić information content (AvgIpc) is 3.12. The third-order valence-electron chi connectivity index (χ3n) is 4.51. The van der Waals surface area contributed by atoms with Crippen LogP contribution in [0.25, 0.3) is 0 Å². The van der Waals surface area contributed by atoms with Crippen molar-refractivity contribution in [3.05, 3.63) is 36.3 Å². The molecule has 1 fully saturated rings. The number of nitrogens with zero attached hydrogens (tertiary/aromatic N) is 2. The Morgan fingerprint density at radius 1 is 1.38 bits per heavy atom. The highest BCUT2D eigenvalue weighted by atomic mass is 127. The molecule has 2 N–H and O–H groups in total. The fourth-order valence-electron chi connectivity index (χ4n) is 3.00. The quantitative estimate of drug-likeness (QED) is 0.247. The van der Waals surface area contributed by atoms with Crippen LogP contribution in [-0.2, 0) is 6.42 Å². The molecule has 1 aromatic rings. The van der Waals surface area contributed by atoms with Crippen LogP contribution in [0.1, 0.15) is 45.3 Å². The van der Waals surface area contributed by atoms with Crippen molar-refractivity contribution in [2.45, 2.75) is 52.0 Å². The Labute approximate surface area is 175 Å². The van der Waals surface area contributed by atoms with Gasteiger partial charge in [-0.05, 0) is 44.9 Å². The van der Waals surface area contributed by atoms with Gasteiger partial charge in [0.05, 0.1) is 12.8 Å². The van der Waals surface area contributed by atoms with Gasteiger partial charge in [0.2, 0.25) is 0 Å². The highest BCUT2D eigenvalue weighted by Crippen LogP contribution is 2.11. The summed E-state index contributed by atoms with van der Waals surface area (Å²) in [6, 6.07) is 4.43. The second kappa shape index (κ2) is 13.2. The Hall–Kier alpha value is -1.02. The molecule has 0 radical (unpaired) electrons. The summed E-state index contributed by atoms with van der Waals surface area (Å²) < 4.78 is 5.39. The molecule has 26 heavy (non-hydrogen) atoms. The van der Waals surface area contributed by atoms with Crippen molar-refractivity contribution in [1.82, 2.24) is 15.5 Å². The van der Waals surface area contributed by atoms with Gasteiger partial charge < -0.3 is 20.0 Å². The van der Waals surface area contributed by atoms with Gasteiger partial charge in [-0.3, -0.25) is 0 Å². The van der Waals surface area contributed by atoms with Gasteiger partial charge >= 0.3 is 0 Å². The van der Waals surface area contributed by atoms with E-state index in [0.29, 0.717) is 12.6 Å². The summed E-state index contributed by atoms with van der Waals surface area (Å²) in [4.78, 5) is 7.24. The number of halogens is 1. The third-order valence-corrected chi connectivity index (χ3v) is 4.51. The number of nitrogens with one attached hydrogen (secondary N) is 2. The maximum Gasteiger partial charge on any atom is 0.191 e. The van der Waals surface area contributed by atoms with Crippen LogP contribution in [0.5, 0.6) is 0 Å². The number of guanidine groups is 1. The predicted molar refractivity (Wildman–Crippen MR) is 120 cm³/mol. The molecule has 2 heterocycles. The van der Waals surface area contributed by atoms with Crippen molar-refractivity contribution >= 4 is 29.9 Å². The van der Waals surface area contributed by atoms with Crippen LogP contribution in [-0.4, -0.2) is 49.6 Å². The van der Waals surface area contributed by atoms with Crippen LogP contribution in [0.2, 0.25) is 0 Å². The maximum absolute atomic E-state index is 5.39. The molecule has 0 unspecified atom stereocenters. The van der Waals surface area contributed by atoms with Gasteiger partial charge in [-0.1, -0.05) is 25.5 Å². The lowest BCUT2D eigenvalue weighted by Crippen LogP contribution is -2.49. The van der Waals surface area contributed by atoms with Gasteiger partial charge in [-0.2, -0.15) is 0 Å². The molecule has 5 nitrogen and oxygen atoms in total. The Bertz CT molecular complexity index is 522. The molecule has 0 aliphatic carbocycles. The lowest BCUT2D eigenvalue weighted by atomic mass is 10.0. The molecule has 0 saturated carbocycles. The number of unbranched alkanes of at least 4 members (excludes halogenated alkanes) is 1. The SMILES string of the molecule is C=C(C)CN=C(NCCc1ccco1)NC1CCN(CCCC)CC1.I. The van der Waals surface area contributed by atoms with E-state index in [1.165, 1.54) is 45.3 Å². The van der Waals surface area contributed by atoms with Gasteiger partial charge in [0.15, 0.2) is 5.96 Å². The van der Waals surface area contributed by atoms with E-state index in [1.807, 2.05) is 19.1 Å². The monoisotopic (exact) mass is 474 g/mol. The number of rotatable bonds is 9. The predicted octanol–water partition coefficient (Wildman–Crippen LogP) is 3.82. The molecule has 1 saturated heterocycles. The average molecular weight is 474 g/mol. The second-order valence-electron chi connectivity index (χ2n) is 6.99. The minimum absolute atomic E-state index is 0. The molecule has 0 atom stereocenters. The van der Waals surface area contributed by atoms with E-state index in [0.717, 1.165) is 30.3 Å². The summed E-state index contributed by atoms with van der Waals surface area (Å²) in [7, 11) is 0. The molecule has 0 spiro atoms. The highest BCUT2D eigenvalue weighted by Gasteiger charge is 2.19. The van der Waals surface area contributed by atoms with Gasteiger partial charge in [-0.25, -0.2) is 4.99 Å². The molecule has 1 aromatic heterocycles. The minimum Gasteiger partial charge on any atom is -0.469 e. The largest absolute Gasteiger partial charge is 0.469 e. The highest BCUT2D eigenvalue weighted by molar-refractivity contribution is 14.0. The van der Waals surface area contributed by atoms with Crippen molar-refractivity contribution in [3.63, 3.8) is 0 Å². The third kappa shape index (κ3) is 9.07. The van der Waals surface area contributed by atoms with Crippen molar-refractivity contribution in [1.29, 1.82) is 0 Å². The molecular formula is C20H35IN4O. The van der Waals surface area contributed by atoms with Crippen molar-refractivity contribution in [3.8, 4) is 0 Å². The Kier molecular flexibility index (Phi) is 11.7. The molecular weight excluding hydrogens is 439 g/mol. The topological polar surface area (TPSA) is 52.8 Å². The Morgan fingerprint density at radius 3 is 2.77 bits per heavy atom. The van der Waals surface area contributed by atoms with Crippen molar-refractivity contribution in [2.75, 3.05) is 32.7 Å². The molecule has 6 heteroatoms. The van der Waals surface area contributed by atoms with Gasteiger partial charge in [0.25, 0.3) is 0 Å². The van der Waals surface area contributed by atoms with Gasteiger partial charge in [0.1, 0.15) is 5.76 Å². The van der Waals surface area contributed by atoms with E-state index in [2.05, 4.69) is 34.0 Å². The summed E-state index contributed by atoms with van der Waals surface area (Å²) in [5, 5.41) is 7.04. The Balaban J connectivity index is 0.00000338. The molecule has 148 valence electrons. The summed E-state index contributed by atoms with van der Waals surface area (Å²) in [5.74, 6) is 1.89. The summed E-state index contributed by atoms with van der Waals surface area (Å²) in [6.45, 7) is 13.3. The molecule has 2 rings (SSSR count). The van der Waals surface area contributed by atoms with Crippen LogP contribution in [0.4, 0.5) is 0 Å². The number of hydrogen-bond donors (Lipinski definition) is 2. The van der Waals surface area contributed by atoms with Crippen LogP contribution in [0.3, 0.4) is 0 Å². The summed E-state index contributed by atoms with van der Waals surface area (Å²) in [5.41, 5.74) is 1.07. The lowest BCUT2D eigenvalue weighted by molar-refractivity contribution is 0.203. The summed E-state index contributed by atoms with van der Waals surface area (Å²) >= 11 is 0. The van der Waals surface area contributed by atoms with E-state index in [4.69, 9.17) is 4.42 Å². The standard InChI is InChI=1S/C20H34N4O.HI/c1-4-5-12-24-13-9-18(10-14-24)23-20(22-16-17(2)3)21-11-8-19-7-6-15-25-19;/h6-7,15,18H,2,4-5,8-14,16H2,1,3H3,(H2,21,22,23);1H. The van der Waals surface area contributed by atoms with Gasteiger partial charge in [0, 0.05) is 32.1 Å². The number of aliphatic imine (C=N–C) groups is 1. The number of piperidine rings is 1. The van der Waals surface area contributed by atoms with Crippen LogP contribution < -0.4 is 10.6 Å². The lowest BCUT2D eigenvalue weighted by Gasteiger charge is -2.33. The second-order valence-corrected chi connectivity index (χ2v) is 6.99. The first-order chi connectivity index (χ1) is 12.2. The molecule has 0 amide bonds. The Morgan fingerprint density at radius 2 is 2.15 bits per heavy atom. The smallest absolute Gasteiger partial charge is 0.191 e. The van der Waals surface area contributed by atoms with E-state index in [9.17, 15) is 0 Å². The molecule has 0 aromatic carbocycles. The zero-order valence-electron chi connectivity index (χ0n) is 16.3. The van der Waals surface area contributed by atoms with Crippen LogP contribution in [0, 0.1) is 0 Å². The zero-order valence-corrected chi connectivity index (χ0v) is 18.6. The first-order valence-corrected chi connectivity index (χ1v) is 9.61. The molecule has 0 bridgehead atoms. The van der Waals surface area contributed by atoms with E-state index in [1.54, 1.807) is 6.26 Å². The number of hydrogen-bond acceptors (Lipinski definition) is 3. The first-order valence-electron chi connectivity index (χ1n) is 9.61. The van der Waals surface area contributed by atoms with Crippen molar-refractivity contribution in [2.24, 2.45) is 4.99 Å². The van der Waals surface area contributed by atoms with Crippen LogP contribution >= 0.6 is 24.0 Å². The normalized spacial score (nSPS) is 16.2. The first kappa shape index (κ1) is 23.0. The fraction of sp³-hybridized carbons (Fsp3) is 0.650. The van der Waals surface area contributed by atoms with Crippen LogP contribution in [0.15, 0.2) is 40.0 Å². The van der Waals surface area contributed by atoms with Crippen molar-refractivity contribution < 1.29 is 4.42 Å². The minimum atomic E-state index is 0. The van der Waals surface area contributed by atoms with Gasteiger partial charge in [-0.15, -0.1) is 24.0 Å². The van der Waals surface area contributed by atoms with E-state index >= 15 is 0 Å². The molecule has 1 aliphatic heterocycles. The van der Waals surface area contributed by atoms with E-state index in [-0.39, 0.29) is 24.0 Å². The molecule has 1 aliphatic rings. The maximum atomic E-state index is 5.39. The summed E-state index contributed by atoms with van der Waals surface area (Å²) in [6.07, 6.45) is 7.50. The zero-order chi connectivity index (χ0) is 17.9. The number of furan rings is 1. The fourth-order valence-corrected chi connectivity index (χ4v) is 3.00. The number of likely N-dealkylation sites (tertiary alicyclic amines) is 1.